The molecule has 0 saturated carbocycles. The Bertz CT molecular complexity index is 459. The van der Waals surface area contributed by atoms with E-state index in [2.05, 4.69) is 26.7 Å². The van der Waals surface area contributed by atoms with E-state index in [0.29, 0.717) is 6.54 Å². The van der Waals surface area contributed by atoms with Crippen molar-refractivity contribution in [3.8, 4) is 0 Å². The molecule has 2 heterocycles. The highest BCUT2D eigenvalue weighted by Crippen LogP contribution is 2.15. The Morgan fingerprint density at radius 2 is 2.20 bits per heavy atom. The molecule has 5 nitrogen and oxygen atoms in total. The molecule has 0 radical (unpaired) electrons. The van der Waals surface area contributed by atoms with Crippen LogP contribution in [0.1, 0.15) is 16.4 Å². The number of aromatic nitrogens is 4. The minimum Gasteiger partial charge on any atom is -0.363 e. The summed E-state index contributed by atoms with van der Waals surface area (Å²) in [5.41, 5.74) is 2.18. The van der Waals surface area contributed by atoms with Gasteiger partial charge in [0.15, 0.2) is 0 Å². The maximum Gasteiger partial charge on any atom is 0.205 e. The molecule has 0 bridgehead atoms. The van der Waals surface area contributed by atoms with Gasteiger partial charge in [0.2, 0.25) is 5.13 Å². The molecular formula is C9H13N5S. The van der Waals surface area contributed by atoms with Gasteiger partial charge < -0.3 is 5.32 Å². The number of nitrogens with zero attached hydrogens (tertiary/aromatic N) is 4. The molecular weight excluding hydrogens is 210 g/mol. The van der Waals surface area contributed by atoms with Gasteiger partial charge in [0, 0.05) is 12.7 Å². The summed E-state index contributed by atoms with van der Waals surface area (Å²) in [6.07, 6.45) is 0. The Labute approximate surface area is 92.2 Å². The van der Waals surface area contributed by atoms with Crippen LogP contribution >= 0.6 is 11.3 Å². The smallest absolute Gasteiger partial charge is 0.205 e. The molecule has 15 heavy (non-hydrogen) atoms. The lowest BCUT2D eigenvalue weighted by atomic mass is 10.4. The summed E-state index contributed by atoms with van der Waals surface area (Å²) in [6.45, 7) is 4.72. The van der Waals surface area contributed by atoms with Crippen LogP contribution < -0.4 is 5.32 Å². The fourth-order valence-electron chi connectivity index (χ4n) is 1.38. The topological polar surface area (TPSA) is 55.6 Å². The molecule has 0 saturated heterocycles. The maximum atomic E-state index is 4.38. The van der Waals surface area contributed by atoms with Gasteiger partial charge in [0.1, 0.15) is 5.01 Å². The summed E-state index contributed by atoms with van der Waals surface area (Å²) in [5.74, 6) is 0. The van der Waals surface area contributed by atoms with Crippen LogP contribution in [0.15, 0.2) is 6.07 Å². The average Bonchev–Trinajstić information content (AvgIpc) is 2.75. The van der Waals surface area contributed by atoms with Crippen molar-refractivity contribution in [2.24, 2.45) is 0 Å². The van der Waals surface area contributed by atoms with Crippen LogP contribution in [0.25, 0.3) is 0 Å². The molecule has 2 aromatic heterocycles. The molecule has 2 rings (SSSR count). The van der Waals surface area contributed by atoms with E-state index in [9.17, 15) is 0 Å². The predicted octanol–water partition coefficient (Wildman–Crippen LogP) is 1.44. The van der Waals surface area contributed by atoms with Crippen molar-refractivity contribution >= 4 is 16.5 Å². The molecule has 0 atom stereocenters. The lowest BCUT2D eigenvalue weighted by Crippen LogP contribution is -2.03. The van der Waals surface area contributed by atoms with Gasteiger partial charge in [-0.05, 0) is 19.9 Å². The zero-order chi connectivity index (χ0) is 10.8. The van der Waals surface area contributed by atoms with Crippen molar-refractivity contribution in [3.05, 3.63) is 22.5 Å². The quantitative estimate of drug-likeness (QED) is 0.855. The zero-order valence-electron chi connectivity index (χ0n) is 8.98. The summed E-state index contributed by atoms with van der Waals surface area (Å²) >= 11 is 1.55. The van der Waals surface area contributed by atoms with Crippen LogP contribution in [0.3, 0.4) is 0 Å². The highest BCUT2D eigenvalue weighted by atomic mass is 32.1. The average molecular weight is 223 g/mol. The van der Waals surface area contributed by atoms with Crippen molar-refractivity contribution in [2.45, 2.75) is 20.4 Å². The van der Waals surface area contributed by atoms with Crippen LogP contribution in [0.5, 0.6) is 0 Å². The third-order valence-electron chi connectivity index (χ3n) is 2.07. The summed E-state index contributed by atoms with van der Waals surface area (Å²) in [4.78, 5) is 0. The third kappa shape index (κ3) is 2.15. The fourth-order valence-corrected chi connectivity index (χ4v) is 2.06. The van der Waals surface area contributed by atoms with E-state index in [0.717, 1.165) is 21.5 Å². The first kappa shape index (κ1) is 10.1. The molecule has 1 N–H and O–H groups in total. The highest BCUT2D eigenvalue weighted by Gasteiger charge is 2.06. The Morgan fingerprint density at radius 1 is 1.40 bits per heavy atom. The molecule has 0 unspecified atom stereocenters. The number of rotatable bonds is 3. The second kappa shape index (κ2) is 3.98. The molecule has 0 aliphatic rings. The van der Waals surface area contributed by atoms with Crippen molar-refractivity contribution in [2.75, 3.05) is 12.4 Å². The predicted molar refractivity (Wildman–Crippen MR) is 60.3 cm³/mol. The molecule has 2 aromatic rings. The number of aryl methyl sites for hydroxylation is 2. The standard InChI is InChI=1S/C9H13N5S/c1-6-4-7(2)14(13-6)5-8-11-12-9(10-3)15-8/h4H,5H2,1-3H3,(H,10,12). The van der Waals surface area contributed by atoms with Crippen LogP contribution in [0, 0.1) is 13.8 Å². The van der Waals surface area contributed by atoms with Gasteiger partial charge in [0.05, 0.1) is 12.2 Å². The molecule has 0 aliphatic carbocycles. The Kier molecular flexibility index (Phi) is 2.68. The van der Waals surface area contributed by atoms with E-state index in [1.54, 1.807) is 11.3 Å². The van der Waals surface area contributed by atoms with Crippen molar-refractivity contribution < 1.29 is 0 Å². The molecule has 0 fully saturated rings. The number of anilines is 1. The first-order valence-electron chi connectivity index (χ1n) is 4.70. The van der Waals surface area contributed by atoms with Gasteiger partial charge >= 0.3 is 0 Å². The van der Waals surface area contributed by atoms with Crippen LogP contribution in [-0.4, -0.2) is 27.0 Å². The highest BCUT2D eigenvalue weighted by molar-refractivity contribution is 7.15. The molecule has 0 aromatic carbocycles. The third-order valence-corrected chi connectivity index (χ3v) is 2.99. The van der Waals surface area contributed by atoms with Crippen LogP contribution in [0.2, 0.25) is 0 Å². The number of hydrogen-bond acceptors (Lipinski definition) is 5. The maximum absolute atomic E-state index is 4.38. The second-order valence-corrected chi connectivity index (χ2v) is 4.40. The van der Waals surface area contributed by atoms with E-state index in [4.69, 9.17) is 0 Å². The lowest BCUT2D eigenvalue weighted by molar-refractivity contribution is 0.651. The van der Waals surface area contributed by atoms with E-state index >= 15 is 0 Å². The van der Waals surface area contributed by atoms with E-state index in [-0.39, 0.29) is 0 Å². The zero-order valence-corrected chi connectivity index (χ0v) is 9.80. The van der Waals surface area contributed by atoms with Gasteiger partial charge in [-0.2, -0.15) is 5.10 Å². The Hall–Kier alpha value is -1.43. The van der Waals surface area contributed by atoms with Crippen LogP contribution in [-0.2, 0) is 6.54 Å². The normalized spacial score (nSPS) is 10.6. The van der Waals surface area contributed by atoms with Crippen molar-refractivity contribution in [3.63, 3.8) is 0 Å². The minimum absolute atomic E-state index is 0.693. The SMILES string of the molecule is CNc1nnc(Cn2nc(C)cc2C)s1. The van der Waals surface area contributed by atoms with E-state index in [1.165, 1.54) is 0 Å². The molecule has 0 aliphatic heterocycles. The first-order valence-corrected chi connectivity index (χ1v) is 5.52. The van der Waals surface area contributed by atoms with E-state index < -0.39 is 0 Å². The number of hydrogen-bond donors (Lipinski definition) is 1. The summed E-state index contributed by atoms with van der Waals surface area (Å²) in [5, 5.41) is 17.2. The van der Waals surface area contributed by atoms with Crippen LogP contribution in [0.4, 0.5) is 5.13 Å². The Balaban J connectivity index is 2.17. The summed E-state index contributed by atoms with van der Waals surface area (Å²) < 4.78 is 1.94. The molecule has 0 spiro atoms. The van der Waals surface area contributed by atoms with Gasteiger partial charge in [-0.25, -0.2) is 0 Å². The van der Waals surface area contributed by atoms with Crippen molar-refractivity contribution in [1.82, 2.24) is 20.0 Å². The van der Waals surface area contributed by atoms with Gasteiger partial charge in [-0.1, -0.05) is 11.3 Å². The Morgan fingerprint density at radius 3 is 2.73 bits per heavy atom. The molecule has 80 valence electrons. The summed E-state index contributed by atoms with van der Waals surface area (Å²) in [6, 6.07) is 2.06. The fraction of sp³-hybridized carbons (Fsp3) is 0.444. The minimum atomic E-state index is 0.693. The van der Waals surface area contributed by atoms with E-state index in [1.807, 2.05) is 25.6 Å². The molecule has 6 heteroatoms. The van der Waals surface area contributed by atoms with Gasteiger partial charge in [0.25, 0.3) is 0 Å². The largest absolute Gasteiger partial charge is 0.363 e. The second-order valence-electron chi connectivity index (χ2n) is 3.34. The monoisotopic (exact) mass is 223 g/mol. The van der Waals surface area contributed by atoms with Crippen molar-refractivity contribution in [1.29, 1.82) is 0 Å². The number of nitrogens with one attached hydrogen (secondary N) is 1. The lowest BCUT2D eigenvalue weighted by Gasteiger charge is -1.99. The summed E-state index contributed by atoms with van der Waals surface area (Å²) in [7, 11) is 1.84. The molecule has 0 amide bonds. The first-order chi connectivity index (χ1) is 7.19. The van der Waals surface area contributed by atoms with Gasteiger partial charge in [-0.3, -0.25) is 4.68 Å². The van der Waals surface area contributed by atoms with Gasteiger partial charge in [-0.15, -0.1) is 10.2 Å².